The first-order chi connectivity index (χ1) is 7.95. The van der Waals surface area contributed by atoms with Crippen LogP contribution in [0.5, 0.6) is 0 Å². The van der Waals surface area contributed by atoms with Gasteiger partial charge in [0.1, 0.15) is 0 Å². The fourth-order valence-electron chi connectivity index (χ4n) is 4.47. The Kier molecular flexibility index (Phi) is 3.35. The van der Waals surface area contributed by atoms with Gasteiger partial charge in [-0.15, -0.1) is 0 Å². The SMILES string of the molecule is C1CCC(=C(C2CCCC2)C2CCCC2)C1. The van der Waals surface area contributed by atoms with E-state index in [1.807, 2.05) is 11.1 Å². The average molecular weight is 218 g/mol. The maximum Gasteiger partial charge on any atom is -0.0198 e. The highest BCUT2D eigenvalue weighted by molar-refractivity contribution is 5.23. The molecule has 3 fully saturated rings. The monoisotopic (exact) mass is 218 g/mol. The fourth-order valence-corrected chi connectivity index (χ4v) is 4.47. The molecule has 3 aliphatic carbocycles. The summed E-state index contributed by atoms with van der Waals surface area (Å²) >= 11 is 0. The van der Waals surface area contributed by atoms with E-state index in [1.54, 1.807) is 0 Å². The van der Waals surface area contributed by atoms with Crippen LogP contribution in [0.2, 0.25) is 0 Å². The molecule has 0 bridgehead atoms. The highest BCUT2D eigenvalue weighted by atomic mass is 14.4. The predicted octanol–water partition coefficient (Wildman–Crippen LogP) is 5.24. The van der Waals surface area contributed by atoms with E-state index >= 15 is 0 Å². The summed E-state index contributed by atoms with van der Waals surface area (Å²) in [4.78, 5) is 0. The molecule has 16 heavy (non-hydrogen) atoms. The van der Waals surface area contributed by atoms with E-state index < -0.39 is 0 Å². The van der Waals surface area contributed by atoms with Gasteiger partial charge < -0.3 is 0 Å². The fraction of sp³-hybridized carbons (Fsp3) is 0.875. The van der Waals surface area contributed by atoms with Crippen molar-refractivity contribution in [1.29, 1.82) is 0 Å². The van der Waals surface area contributed by atoms with E-state index in [4.69, 9.17) is 0 Å². The summed E-state index contributed by atoms with van der Waals surface area (Å²) in [5.41, 5.74) is 3.94. The molecule has 0 atom stereocenters. The third-order valence-electron chi connectivity index (χ3n) is 5.21. The summed E-state index contributed by atoms with van der Waals surface area (Å²) in [6.07, 6.45) is 18.0. The molecule has 0 heterocycles. The quantitative estimate of drug-likeness (QED) is 0.556. The highest BCUT2D eigenvalue weighted by Crippen LogP contribution is 2.45. The zero-order valence-electron chi connectivity index (χ0n) is 10.6. The van der Waals surface area contributed by atoms with Crippen molar-refractivity contribution in [3.63, 3.8) is 0 Å². The lowest BCUT2D eigenvalue weighted by Crippen LogP contribution is -2.11. The Bertz CT molecular complexity index is 236. The minimum absolute atomic E-state index is 1.02. The predicted molar refractivity (Wildman–Crippen MR) is 69.4 cm³/mol. The van der Waals surface area contributed by atoms with Crippen molar-refractivity contribution >= 4 is 0 Å². The number of hydrogen-bond donors (Lipinski definition) is 0. The molecule has 0 nitrogen and oxygen atoms in total. The zero-order valence-corrected chi connectivity index (χ0v) is 10.6. The van der Waals surface area contributed by atoms with Gasteiger partial charge in [-0.05, 0) is 63.2 Å². The second-order valence-electron chi connectivity index (χ2n) is 6.23. The lowest BCUT2D eigenvalue weighted by molar-refractivity contribution is 0.503. The van der Waals surface area contributed by atoms with Gasteiger partial charge in [0.15, 0.2) is 0 Å². The van der Waals surface area contributed by atoms with Gasteiger partial charge >= 0.3 is 0 Å². The molecule has 0 radical (unpaired) electrons. The minimum Gasteiger partial charge on any atom is -0.0704 e. The maximum atomic E-state index is 2.01. The summed E-state index contributed by atoms with van der Waals surface area (Å²) in [5.74, 6) is 2.05. The third-order valence-corrected chi connectivity index (χ3v) is 5.21. The van der Waals surface area contributed by atoms with Crippen LogP contribution in [0.1, 0.15) is 77.0 Å². The topological polar surface area (TPSA) is 0 Å². The minimum atomic E-state index is 1.02. The normalized spacial score (nSPS) is 28.1. The van der Waals surface area contributed by atoms with Crippen molar-refractivity contribution in [3.8, 4) is 0 Å². The summed E-state index contributed by atoms with van der Waals surface area (Å²) in [7, 11) is 0. The zero-order chi connectivity index (χ0) is 10.8. The Morgan fingerprint density at radius 3 is 1.50 bits per heavy atom. The molecule has 0 unspecified atom stereocenters. The molecule has 0 spiro atoms. The summed E-state index contributed by atoms with van der Waals surface area (Å²) in [5, 5.41) is 0. The largest absolute Gasteiger partial charge is 0.0704 e. The number of hydrogen-bond acceptors (Lipinski definition) is 0. The Balaban J connectivity index is 1.83. The molecule has 3 aliphatic rings. The van der Waals surface area contributed by atoms with Crippen molar-refractivity contribution in [2.45, 2.75) is 77.0 Å². The molecule has 0 N–H and O–H groups in total. The Morgan fingerprint density at radius 2 is 1.06 bits per heavy atom. The van der Waals surface area contributed by atoms with E-state index in [-0.39, 0.29) is 0 Å². The van der Waals surface area contributed by atoms with Crippen LogP contribution in [-0.2, 0) is 0 Å². The van der Waals surface area contributed by atoms with Gasteiger partial charge in [-0.3, -0.25) is 0 Å². The van der Waals surface area contributed by atoms with Gasteiger partial charge in [-0.25, -0.2) is 0 Å². The van der Waals surface area contributed by atoms with Crippen LogP contribution in [0, 0.1) is 11.8 Å². The van der Waals surface area contributed by atoms with Gasteiger partial charge in [0, 0.05) is 0 Å². The molecule has 0 aromatic carbocycles. The standard InChI is InChI=1S/C16H26/c1-2-8-13(7-1)16(14-9-3-4-10-14)15-11-5-6-12-15/h13-14H,1-12H2. The van der Waals surface area contributed by atoms with Gasteiger partial charge in [0.25, 0.3) is 0 Å². The van der Waals surface area contributed by atoms with Crippen LogP contribution in [0.4, 0.5) is 0 Å². The molecular weight excluding hydrogens is 192 g/mol. The lowest BCUT2D eigenvalue weighted by Gasteiger charge is -2.24. The van der Waals surface area contributed by atoms with Crippen molar-refractivity contribution in [3.05, 3.63) is 11.1 Å². The maximum absolute atomic E-state index is 2.01. The smallest absolute Gasteiger partial charge is 0.0198 e. The van der Waals surface area contributed by atoms with Crippen LogP contribution >= 0.6 is 0 Å². The first-order valence-electron chi connectivity index (χ1n) is 7.67. The Labute approximate surface area is 101 Å². The Morgan fingerprint density at radius 1 is 0.625 bits per heavy atom. The molecule has 3 saturated carbocycles. The molecule has 0 saturated heterocycles. The Hall–Kier alpha value is -0.260. The van der Waals surface area contributed by atoms with Gasteiger partial charge in [-0.2, -0.15) is 0 Å². The van der Waals surface area contributed by atoms with E-state index in [9.17, 15) is 0 Å². The summed E-state index contributed by atoms with van der Waals surface area (Å²) in [6.45, 7) is 0. The lowest BCUT2D eigenvalue weighted by atomic mass is 9.81. The van der Waals surface area contributed by atoms with Crippen molar-refractivity contribution in [1.82, 2.24) is 0 Å². The molecule has 0 aromatic rings. The number of rotatable bonds is 2. The average Bonchev–Trinajstić information content (AvgIpc) is 3.02. The molecule has 90 valence electrons. The molecule has 0 heteroatoms. The van der Waals surface area contributed by atoms with Crippen LogP contribution in [0.15, 0.2) is 11.1 Å². The van der Waals surface area contributed by atoms with Crippen LogP contribution in [0.3, 0.4) is 0 Å². The molecule has 3 rings (SSSR count). The first-order valence-corrected chi connectivity index (χ1v) is 7.67. The van der Waals surface area contributed by atoms with E-state index in [0.29, 0.717) is 0 Å². The summed E-state index contributed by atoms with van der Waals surface area (Å²) < 4.78 is 0. The molecule has 0 amide bonds. The second-order valence-corrected chi connectivity index (χ2v) is 6.23. The van der Waals surface area contributed by atoms with Gasteiger partial charge in [0.2, 0.25) is 0 Å². The molecular formula is C16H26. The number of allylic oxidation sites excluding steroid dienone is 2. The van der Waals surface area contributed by atoms with Crippen LogP contribution in [-0.4, -0.2) is 0 Å². The second kappa shape index (κ2) is 4.94. The molecule has 0 aromatic heterocycles. The third kappa shape index (κ3) is 2.08. The van der Waals surface area contributed by atoms with Crippen LogP contribution in [0.25, 0.3) is 0 Å². The van der Waals surface area contributed by atoms with Crippen molar-refractivity contribution in [2.24, 2.45) is 11.8 Å². The van der Waals surface area contributed by atoms with Crippen molar-refractivity contribution in [2.75, 3.05) is 0 Å². The van der Waals surface area contributed by atoms with E-state index in [2.05, 4.69) is 0 Å². The van der Waals surface area contributed by atoms with E-state index in [0.717, 1.165) is 11.8 Å². The summed E-state index contributed by atoms with van der Waals surface area (Å²) in [6, 6.07) is 0. The molecule has 0 aliphatic heterocycles. The van der Waals surface area contributed by atoms with Crippen LogP contribution < -0.4 is 0 Å². The highest BCUT2D eigenvalue weighted by Gasteiger charge is 2.30. The van der Waals surface area contributed by atoms with E-state index in [1.165, 1.54) is 77.0 Å². The van der Waals surface area contributed by atoms with Gasteiger partial charge in [-0.1, -0.05) is 36.8 Å². The first kappa shape index (κ1) is 10.9. The van der Waals surface area contributed by atoms with Crippen molar-refractivity contribution < 1.29 is 0 Å². The van der Waals surface area contributed by atoms with Gasteiger partial charge in [0.05, 0.1) is 0 Å².